The fourth-order valence-electron chi connectivity index (χ4n) is 2.34. The summed E-state index contributed by atoms with van der Waals surface area (Å²) in [6.45, 7) is 1.20. The van der Waals surface area contributed by atoms with Gasteiger partial charge in [-0.3, -0.25) is 4.79 Å². The Balaban J connectivity index is 1.72. The van der Waals surface area contributed by atoms with Crippen molar-refractivity contribution in [1.82, 2.24) is 25.1 Å². The zero-order chi connectivity index (χ0) is 14.5. The summed E-state index contributed by atoms with van der Waals surface area (Å²) < 4.78 is 1.66. The molecule has 0 spiro atoms. The number of aromatic nitrogens is 4. The van der Waals surface area contributed by atoms with Crippen LogP contribution in [-0.4, -0.2) is 37.6 Å². The normalized spacial score (nSPS) is 15.8. The fraction of sp³-hybridized carbons (Fsp3) is 0.333. The minimum atomic E-state index is 0.176. The summed E-state index contributed by atoms with van der Waals surface area (Å²) in [5, 5.41) is 11.7. The molecule has 1 fully saturated rings. The molecule has 2 aromatic rings. The molecular weight excluding hydrogens is 266 g/mol. The van der Waals surface area contributed by atoms with Crippen molar-refractivity contribution in [2.75, 3.05) is 6.54 Å². The molecule has 0 radical (unpaired) electrons. The molecule has 108 valence electrons. The van der Waals surface area contributed by atoms with Gasteiger partial charge < -0.3 is 4.90 Å². The number of hydrogen-bond donors (Lipinski definition) is 0. The van der Waals surface area contributed by atoms with Crippen molar-refractivity contribution < 1.29 is 4.79 Å². The minimum Gasteiger partial charge on any atom is -0.323 e. The number of benzene rings is 1. The first-order valence-corrected chi connectivity index (χ1v) is 7.10. The first-order chi connectivity index (χ1) is 10.3. The smallest absolute Gasteiger partial charge is 0.224 e. The van der Waals surface area contributed by atoms with Crippen LogP contribution in [0, 0.1) is 0 Å². The number of carbonyl (C=O) groups excluding carboxylic acids is 1. The van der Waals surface area contributed by atoms with Crippen LogP contribution in [-0.2, 0) is 11.5 Å². The van der Waals surface area contributed by atoms with Crippen LogP contribution in [0.15, 0.2) is 30.3 Å². The van der Waals surface area contributed by atoms with Gasteiger partial charge in [0.15, 0.2) is 5.82 Å². The van der Waals surface area contributed by atoms with Crippen LogP contribution in [0.1, 0.15) is 30.7 Å². The van der Waals surface area contributed by atoms with Gasteiger partial charge in [0.05, 0.1) is 0 Å². The molecule has 1 aliphatic rings. The Morgan fingerprint density at radius 1 is 1.14 bits per heavy atom. The van der Waals surface area contributed by atoms with Gasteiger partial charge in [0.2, 0.25) is 5.91 Å². The van der Waals surface area contributed by atoms with Crippen LogP contribution < -0.4 is 0 Å². The van der Waals surface area contributed by atoms with Gasteiger partial charge in [-0.1, -0.05) is 36.4 Å². The van der Waals surface area contributed by atoms with Gasteiger partial charge in [-0.25, -0.2) is 4.68 Å². The zero-order valence-electron chi connectivity index (χ0n) is 11.7. The molecule has 2 heterocycles. The summed E-state index contributed by atoms with van der Waals surface area (Å²) in [6.07, 6.45) is 6.47. The molecule has 6 nitrogen and oxygen atoms in total. The highest BCUT2D eigenvalue weighted by atomic mass is 16.2. The monoisotopic (exact) mass is 283 g/mol. The molecular formula is C15H17N5O. The van der Waals surface area contributed by atoms with Gasteiger partial charge in [-0.2, -0.15) is 0 Å². The number of piperidine rings is 1. The number of amides is 1. The molecule has 1 amide bonds. The molecule has 0 atom stereocenters. The van der Waals surface area contributed by atoms with Gasteiger partial charge in [0, 0.05) is 13.0 Å². The van der Waals surface area contributed by atoms with Gasteiger partial charge in [-0.05, 0) is 34.9 Å². The highest BCUT2D eigenvalue weighted by molar-refractivity contribution is 5.76. The fourth-order valence-corrected chi connectivity index (χ4v) is 2.34. The van der Waals surface area contributed by atoms with Crippen molar-refractivity contribution in [3.8, 4) is 0 Å². The third kappa shape index (κ3) is 3.34. The molecule has 21 heavy (non-hydrogen) atoms. The van der Waals surface area contributed by atoms with Crippen LogP contribution in [0.3, 0.4) is 0 Å². The summed E-state index contributed by atoms with van der Waals surface area (Å²) in [4.78, 5) is 13.6. The molecule has 3 rings (SSSR count). The molecule has 1 aromatic carbocycles. The van der Waals surface area contributed by atoms with E-state index in [1.165, 1.54) is 0 Å². The Morgan fingerprint density at radius 3 is 2.81 bits per heavy atom. The largest absolute Gasteiger partial charge is 0.323 e. The van der Waals surface area contributed by atoms with Crippen molar-refractivity contribution in [2.24, 2.45) is 0 Å². The Kier molecular flexibility index (Phi) is 4.04. The van der Waals surface area contributed by atoms with Crippen LogP contribution in [0.4, 0.5) is 0 Å². The zero-order valence-corrected chi connectivity index (χ0v) is 11.7. The van der Waals surface area contributed by atoms with E-state index in [-0.39, 0.29) is 5.91 Å². The first kappa shape index (κ1) is 13.5. The van der Waals surface area contributed by atoms with Crippen LogP contribution in [0.5, 0.6) is 0 Å². The second-order valence-electron chi connectivity index (χ2n) is 5.04. The van der Waals surface area contributed by atoms with Crippen LogP contribution >= 0.6 is 0 Å². The number of hydrogen-bond acceptors (Lipinski definition) is 4. The quantitative estimate of drug-likeness (QED) is 0.858. The second kappa shape index (κ2) is 6.30. The molecule has 1 aromatic heterocycles. The Labute approximate surface area is 123 Å². The summed E-state index contributed by atoms with van der Waals surface area (Å²) in [7, 11) is 0. The lowest BCUT2D eigenvalue weighted by Gasteiger charge is -2.26. The number of likely N-dealkylation sites (tertiary alicyclic amines) is 1. The van der Waals surface area contributed by atoms with E-state index in [1.54, 1.807) is 9.58 Å². The molecule has 0 unspecified atom stereocenters. The second-order valence-corrected chi connectivity index (χ2v) is 5.04. The Hall–Kier alpha value is -2.50. The highest BCUT2D eigenvalue weighted by Gasteiger charge is 2.19. The summed E-state index contributed by atoms with van der Waals surface area (Å²) in [6, 6.07) is 9.96. The van der Waals surface area contributed by atoms with Crippen molar-refractivity contribution >= 4 is 18.1 Å². The molecule has 0 bridgehead atoms. The standard InChI is InChI=1S/C15H17N5O/c21-15-8-4-5-11-19(15)12-20-14(16-17-18-20)10-9-13-6-2-1-3-7-13/h1-3,6-7,9-10H,4-5,8,11-12H2/b10-9+. The van der Waals surface area contributed by atoms with Gasteiger partial charge in [0.1, 0.15) is 6.67 Å². The lowest BCUT2D eigenvalue weighted by Crippen LogP contribution is -2.37. The van der Waals surface area contributed by atoms with E-state index in [9.17, 15) is 4.79 Å². The topological polar surface area (TPSA) is 63.9 Å². The van der Waals surface area contributed by atoms with E-state index in [1.807, 2.05) is 42.5 Å². The van der Waals surface area contributed by atoms with Crippen LogP contribution in [0.2, 0.25) is 0 Å². The molecule has 6 heteroatoms. The van der Waals surface area contributed by atoms with Crippen molar-refractivity contribution in [2.45, 2.75) is 25.9 Å². The molecule has 0 N–H and O–H groups in total. The van der Waals surface area contributed by atoms with Crippen LogP contribution in [0.25, 0.3) is 12.2 Å². The summed E-state index contributed by atoms with van der Waals surface area (Å²) in [5.41, 5.74) is 1.08. The lowest BCUT2D eigenvalue weighted by atomic mass is 10.1. The summed E-state index contributed by atoms with van der Waals surface area (Å²) >= 11 is 0. The van der Waals surface area contributed by atoms with E-state index >= 15 is 0 Å². The van der Waals surface area contributed by atoms with Gasteiger partial charge in [0.25, 0.3) is 0 Å². The molecule has 0 aliphatic carbocycles. The van der Waals surface area contributed by atoms with E-state index in [4.69, 9.17) is 0 Å². The molecule has 1 aliphatic heterocycles. The molecule has 0 saturated carbocycles. The SMILES string of the molecule is O=C1CCCCN1Cn1nnnc1/C=C/c1ccccc1. The third-order valence-electron chi connectivity index (χ3n) is 3.51. The highest BCUT2D eigenvalue weighted by Crippen LogP contribution is 2.12. The number of nitrogens with zero attached hydrogens (tertiary/aromatic N) is 5. The van der Waals surface area contributed by atoms with Crippen molar-refractivity contribution in [3.63, 3.8) is 0 Å². The van der Waals surface area contributed by atoms with E-state index in [0.717, 1.165) is 24.9 Å². The molecule has 1 saturated heterocycles. The predicted molar refractivity (Wildman–Crippen MR) is 78.8 cm³/mol. The number of carbonyl (C=O) groups is 1. The van der Waals surface area contributed by atoms with E-state index in [0.29, 0.717) is 18.9 Å². The first-order valence-electron chi connectivity index (χ1n) is 7.10. The van der Waals surface area contributed by atoms with Gasteiger partial charge >= 0.3 is 0 Å². The van der Waals surface area contributed by atoms with E-state index in [2.05, 4.69) is 15.5 Å². The number of rotatable bonds is 4. The lowest BCUT2D eigenvalue weighted by molar-refractivity contribution is -0.135. The Morgan fingerprint density at radius 2 is 2.00 bits per heavy atom. The average molecular weight is 283 g/mol. The maximum Gasteiger partial charge on any atom is 0.224 e. The summed E-state index contributed by atoms with van der Waals surface area (Å²) in [5.74, 6) is 0.826. The maximum absolute atomic E-state index is 11.8. The van der Waals surface area contributed by atoms with Crippen molar-refractivity contribution in [1.29, 1.82) is 0 Å². The number of tetrazole rings is 1. The predicted octanol–water partition coefficient (Wildman–Crippen LogP) is 1.81. The van der Waals surface area contributed by atoms with Crippen molar-refractivity contribution in [3.05, 3.63) is 41.7 Å². The maximum atomic E-state index is 11.8. The van der Waals surface area contributed by atoms with Gasteiger partial charge in [-0.15, -0.1) is 5.10 Å². The Bertz CT molecular complexity index is 635. The van der Waals surface area contributed by atoms with E-state index < -0.39 is 0 Å². The minimum absolute atomic E-state index is 0.176. The third-order valence-corrected chi connectivity index (χ3v) is 3.51. The average Bonchev–Trinajstić information content (AvgIpc) is 2.96.